The fourth-order valence-corrected chi connectivity index (χ4v) is 2.41. The number of nitriles is 1. The molecule has 4 nitrogen and oxygen atoms in total. The van der Waals surface area contributed by atoms with Crippen LogP contribution in [-0.2, 0) is 6.54 Å². The van der Waals surface area contributed by atoms with Crippen LogP contribution in [-0.4, -0.2) is 33.8 Å². The van der Waals surface area contributed by atoms with Crippen LogP contribution in [0.3, 0.4) is 0 Å². The molecule has 0 radical (unpaired) electrons. The van der Waals surface area contributed by atoms with E-state index in [9.17, 15) is 0 Å². The summed E-state index contributed by atoms with van der Waals surface area (Å²) in [7, 11) is 0. The third-order valence-electron chi connectivity index (χ3n) is 3.29. The summed E-state index contributed by atoms with van der Waals surface area (Å²) in [4.78, 5) is 2.30. The van der Waals surface area contributed by atoms with E-state index in [0.717, 1.165) is 13.1 Å². The van der Waals surface area contributed by atoms with Crippen molar-refractivity contribution in [2.24, 2.45) is 0 Å². The number of rotatable bonds is 5. The molecular weight excluding hydrogens is 200 g/mol. The zero-order valence-electron chi connectivity index (χ0n) is 9.55. The summed E-state index contributed by atoms with van der Waals surface area (Å²) in [5, 5.41) is 13.0. The van der Waals surface area contributed by atoms with Gasteiger partial charge in [0, 0.05) is 25.0 Å². The van der Waals surface area contributed by atoms with Crippen LogP contribution in [0.5, 0.6) is 0 Å². The van der Waals surface area contributed by atoms with Crippen molar-refractivity contribution in [3.63, 3.8) is 0 Å². The highest BCUT2D eigenvalue weighted by Gasteiger charge is 2.21. The molecule has 1 aromatic rings. The van der Waals surface area contributed by atoms with Crippen LogP contribution in [0.1, 0.15) is 25.7 Å². The highest BCUT2D eigenvalue weighted by Crippen LogP contribution is 2.23. The Hall–Kier alpha value is -1.34. The summed E-state index contributed by atoms with van der Waals surface area (Å²) in [5.41, 5.74) is 0. The molecule has 0 amide bonds. The van der Waals surface area contributed by atoms with Gasteiger partial charge >= 0.3 is 0 Å². The Balaban J connectivity index is 1.85. The maximum Gasteiger partial charge on any atom is 0.0869 e. The van der Waals surface area contributed by atoms with Crippen LogP contribution >= 0.6 is 0 Å². The normalized spacial score (nSPS) is 16.8. The average molecular weight is 218 g/mol. The zero-order chi connectivity index (χ0) is 11.2. The van der Waals surface area contributed by atoms with Gasteiger partial charge in [-0.25, -0.2) is 0 Å². The molecule has 1 aliphatic carbocycles. The third kappa shape index (κ3) is 2.83. The number of hydrogen-bond donors (Lipinski definition) is 0. The number of nitrogens with zero attached hydrogens (tertiary/aromatic N) is 4. The molecule has 0 bridgehead atoms. The van der Waals surface area contributed by atoms with E-state index in [1.165, 1.54) is 25.7 Å². The second-order valence-corrected chi connectivity index (χ2v) is 4.34. The Morgan fingerprint density at radius 3 is 2.88 bits per heavy atom. The Labute approximate surface area is 96.5 Å². The Bertz CT molecular complexity index is 332. The van der Waals surface area contributed by atoms with Gasteiger partial charge < -0.3 is 0 Å². The van der Waals surface area contributed by atoms with E-state index in [4.69, 9.17) is 5.26 Å². The molecule has 0 unspecified atom stereocenters. The maximum atomic E-state index is 8.84. The molecule has 2 rings (SSSR count). The average Bonchev–Trinajstić information content (AvgIpc) is 2.96. The minimum Gasteiger partial charge on any atom is -0.286 e. The van der Waals surface area contributed by atoms with Gasteiger partial charge in [-0.05, 0) is 18.9 Å². The van der Waals surface area contributed by atoms with Gasteiger partial charge in [0.15, 0.2) is 0 Å². The lowest BCUT2D eigenvalue weighted by atomic mass is 10.2. The number of aromatic nitrogens is 2. The first-order valence-electron chi connectivity index (χ1n) is 5.98. The second-order valence-electron chi connectivity index (χ2n) is 4.34. The van der Waals surface area contributed by atoms with Crippen molar-refractivity contribution in [1.82, 2.24) is 14.7 Å². The minimum atomic E-state index is 0.548. The molecular formula is C12H18N4. The molecule has 0 saturated heterocycles. The molecule has 1 aromatic heterocycles. The van der Waals surface area contributed by atoms with Crippen molar-refractivity contribution in [1.29, 1.82) is 5.26 Å². The summed E-state index contributed by atoms with van der Waals surface area (Å²) in [5.74, 6) is 0. The lowest BCUT2D eigenvalue weighted by molar-refractivity contribution is 0.211. The first-order valence-corrected chi connectivity index (χ1v) is 5.98. The summed E-state index contributed by atoms with van der Waals surface area (Å²) < 4.78 is 1.93. The van der Waals surface area contributed by atoms with Crippen molar-refractivity contribution in [2.75, 3.05) is 13.1 Å². The van der Waals surface area contributed by atoms with Crippen molar-refractivity contribution in [2.45, 2.75) is 38.3 Å². The standard InChI is InChI=1S/C12H18N4/c13-6-9-15(12-4-1-2-5-12)10-11-16-8-3-7-14-16/h3,7-8,12H,1-2,4-5,9-11H2. The van der Waals surface area contributed by atoms with E-state index in [0.29, 0.717) is 12.6 Å². The quantitative estimate of drug-likeness (QED) is 0.706. The van der Waals surface area contributed by atoms with Gasteiger partial charge in [-0.3, -0.25) is 9.58 Å². The fraction of sp³-hybridized carbons (Fsp3) is 0.667. The largest absolute Gasteiger partial charge is 0.286 e. The van der Waals surface area contributed by atoms with E-state index < -0.39 is 0 Å². The second kappa shape index (κ2) is 5.66. The van der Waals surface area contributed by atoms with Gasteiger partial charge in [0.05, 0.1) is 19.2 Å². The Kier molecular flexibility index (Phi) is 3.95. The Morgan fingerprint density at radius 1 is 1.44 bits per heavy atom. The highest BCUT2D eigenvalue weighted by molar-refractivity contribution is 4.85. The van der Waals surface area contributed by atoms with Gasteiger partial charge in [-0.1, -0.05) is 12.8 Å². The molecule has 0 aliphatic heterocycles. The lowest BCUT2D eigenvalue weighted by Crippen LogP contribution is -2.36. The smallest absolute Gasteiger partial charge is 0.0869 e. The van der Waals surface area contributed by atoms with E-state index in [1.54, 1.807) is 6.20 Å². The molecule has 86 valence electrons. The summed E-state index contributed by atoms with van der Waals surface area (Å²) >= 11 is 0. The minimum absolute atomic E-state index is 0.548. The molecule has 1 heterocycles. The molecule has 1 saturated carbocycles. The van der Waals surface area contributed by atoms with Crippen LogP contribution in [0.4, 0.5) is 0 Å². The molecule has 0 spiro atoms. The van der Waals surface area contributed by atoms with Gasteiger partial charge in [-0.15, -0.1) is 0 Å². The van der Waals surface area contributed by atoms with Crippen molar-refractivity contribution < 1.29 is 0 Å². The molecule has 1 aliphatic rings. The van der Waals surface area contributed by atoms with E-state index >= 15 is 0 Å². The van der Waals surface area contributed by atoms with Crippen molar-refractivity contribution in [3.8, 4) is 6.07 Å². The van der Waals surface area contributed by atoms with E-state index in [-0.39, 0.29) is 0 Å². The maximum absolute atomic E-state index is 8.84. The third-order valence-corrected chi connectivity index (χ3v) is 3.29. The van der Waals surface area contributed by atoms with E-state index in [2.05, 4.69) is 16.1 Å². The predicted octanol–water partition coefficient (Wildman–Crippen LogP) is 1.65. The zero-order valence-corrected chi connectivity index (χ0v) is 9.55. The molecule has 0 atom stereocenters. The van der Waals surface area contributed by atoms with Crippen molar-refractivity contribution in [3.05, 3.63) is 18.5 Å². The SMILES string of the molecule is N#CCN(CCn1cccn1)C1CCCC1. The first-order chi connectivity index (χ1) is 7.90. The molecule has 16 heavy (non-hydrogen) atoms. The topological polar surface area (TPSA) is 44.9 Å². The highest BCUT2D eigenvalue weighted by atomic mass is 15.3. The molecule has 0 N–H and O–H groups in total. The molecule has 4 heteroatoms. The summed E-state index contributed by atoms with van der Waals surface area (Å²) in [6, 6.07) is 4.83. The first kappa shape index (κ1) is 11.2. The van der Waals surface area contributed by atoms with Gasteiger partial charge in [0.1, 0.15) is 0 Å². The van der Waals surface area contributed by atoms with Crippen molar-refractivity contribution >= 4 is 0 Å². The van der Waals surface area contributed by atoms with E-state index in [1.807, 2.05) is 16.9 Å². The lowest BCUT2D eigenvalue weighted by Gasteiger charge is -2.25. The molecule has 1 fully saturated rings. The van der Waals surface area contributed by atoms with Crippen LogP contribution in [0, 0.1) is 11.3 Å². The van der Waals surface area contributed by atoms with Crippen LogP contribution in [0.2, 0.25) is 0 Å². The van der Waals surface area contributed by atoms with Crippen LogP contribution in [0.25, 0.3) is 0 Å². The van der Waals surface area contributed by atoms with Crippen LogP contribution in [0.15, 0.2) is 18.5 Å². The van der Waals surface area contributed by atoms with Crippen LogP contribution < -0.4 is 0 Å². The predicted molar refractivity (Wildman–Crippen MR) is 61.7 cm³/mol. The molecule has 0 aromatic carbocycles. The monoisotopic (exact) mass is 218 g/mol. The summed E-state index contributed by atoms with van der Waals surface area (Å²) in [6.07, 6.45) is 8.90. The Morgan fingerprint density at radius 2 is 2.25 bits per heavy atom. The summed E-state index contributed by atoms with van der Waals surface area (Å²) in [6.45, 7) is 2.36. The van der Waals surface area contributed by atoms with Gasteiger partial charge in [0.25, 0.3) is 0 Å². The number of hydrogen-bond acceptors (Lipinski definition) is 3. The van der Waals surface area contributed by atoms with Gasteiger partial charge in [0.2, 0.25) is 0 Å². The fourth-order valence-electron chi connectivity index (χ4n) is 2.41. The van der Waals surface area contributed by atoms with Gasteiger partial charge in [-0.2, -0.15) is 10.4 Å².